The normalized spacial score (nSPS) is 11.9. The Hall–Kier alpha value is -1.75. The van der Waals surface area contributed by atoms with E-state index in [1.165, 1.54) is 13.2 Å². The van der Waals surface area contributed by atoms with Crippen LogP contribution in [0.4, 0.5) is 0 Å². The van der Waals surface area contributed by atoms with Gasteiger partial charge in [-0.15, -0.1) is 0 Å². The van der Waals surface area contributed by atoms with E-state index in [0.717, 1.165) is 0 Å². The van der Waals surface area contributed by atoms with Crippen molar-refractivity contribution in [1.82, 2.24) is 0 Å². The lowest BCUT2D eigenvalue weighted by atomic mass is 10.0. The van der Waals surface area contributed by atoms with Gasteiger partial charge in [0.1, 0.15) is 11.5 Å². The van der Waals surface area contributed by atoms with Crippen LogP contribution >= 0.6 is 0 Å². The first-order chi connectivity index (χ1) is 8.08. The van der Waals surface area contributed by atoms with Gasteiger partial charge in [-0.25, -0.2) is 0 Å². The summed E-state index contributed by atoms with van der Waals surface area (Å²) in [5.74, 6) is 0.238. The highest BCUT2D eigenvalue weighted by atomic mass is 16.5. The van der Waals surface area contributed by atoms with E-state index in [4.69, 9.17) is 15.2 Å². The average molecular weight is 239 g/mol. The highest BCUT2D eigenvalue weighted by Crippen LogP contribution is 2.28. The summed E-state index contributed by atoms with van der Waals surface area (Å²) >= 11 is 0. The van der Waals surface area contributed by atoms with Crippen LogP contribution in [0.5, 0.6) is 11.5 Å². The van der Waals surface area contributed by atoms with Gasteiger partial charge in [-0.2, -0.15) is 0 Å². The molecular weight excluding hydrogens is 222 g/mol. The number of phenolic OH excluding ortho intramolecular Hbond substituents is 1. The lowest BCUT2D eigenvalue weighted by molar-refractivity contribution is -0.143. The van der Waals surface area contributed by atoms with Crippen LogP contribution in [-0.4, -0.2) is 24.8 Å². The minimum Gasteiger partial charge on any atom is -0.508 e. The summed E-state index contributed by atoms with van der Waals surface area (Å²) < 4.78 is 9.83. The van der Waals surface area contributed by atoms with Crippen molar-refractivity contribution in [1.29, 1.82) is 0 Å². The molecule has 1 rings (SSSR count). The highest BCUT2D eigenvalue weighted by Gasteiger charge is 2.16. The van der Waals surface area contributed by atoms with E-state index in [-0.39, 0.29) is 18.1 Å². The fourth-order valence-electron chi connectivity index (χ4n) is 1.47. The number of hydrogen-bond donors (Lipinski definition) is 2. The van der Waals surface area contributed by atoms with Gasteiger partial charge in [-0.05, 0) is 25.1 Å². The second-order valence-corrected chi connectivity index (χ2v) is 3.54. The number of esters is 1. The van der Waals surface area contributed by atoms with E-state index in [1.807, 2.05) is 0 Å². The summed E-state index contributed by atoms with van der Waals surface area (Å²) in [4.78, 5) is 11.3. The van der Waals surface area contributed by atoms with Crippen molar-refractivity contribution in [3.8, 4) is 11.5 Å². The Morgan fingerprint density at radius 1 is 1.53 bits per heavy atom. The van der Waals surface area contributed by atoms with Crippen LogP contribution in [0.25, 0.3) is 0 Å². The molecule has 0 spiro atoms. The average Bonchev–Trinajstić information content (AvgIpc) is 2.29. The minimum absolute atomic E-state index is 0.0224. The zero-order chi connectivity index (χ0) is 12.8. The largest absolute Gasteiger partial charge is 0.508 e. The van der Waals surface area contributed by atoms with E-state index in [1.54, 1.807) is 19.1 Å². The van der Waals surface area contributed by atoms with Gasteiger partial charge in [0.05, 0.1) is 20.1 Å². The minimum atomic E-state index is -0.607. The maximum absolute atomic E-state index is 11.3. The maximum atomic E-state index is 11.3. The molecule has 0 aliphatic rings. The molecule has 1 aromatic rings. The molecule has 5 heteroatoms. The SMILES string of the molecule is CCOC(=O)C[C@H](N)c1cc(OC)ccc1O. The number of hydrogen-bond acceptors (Lipinski definition) is 5. The van der Waals surface area contributed by atoms with Crippen LogP contribution in [0.3, 0.4) is 0 Å². The van der Waals surface area contributed by atoms with Gasteiger partial charge in [-0.3, -0.25) is 4.79 Å². The number of aromatic hydroxyl groups is 1. The second kappa shape index (κ2) is 6.10. The van der Waals surface area contributed by atoms with Crippen LogP contribution in [0.1, 0.15) is 24.9 Å². The Balaban J connectivity index is 2.80. The third-order valence-corrected chi connectivity index (χ3v) is 2.33. The lowest BCUT2D eigenvalue weighted by Crippen LogP contribution is -2.17. The van der Waals surface area contributed by atoms with Gasteiger partial charge in [0.25, 0.3) is 0 Å². The standard InChI is InChI=1S/C12H17NO4/c1-3-17-12(15)7-10(13)9-6-8(16-2)4-5-11(9)14/h4-6,10,14H,3,7,13H2,1-2H3/t10-/m0/s1. The van der Waals surface area contributed by atoms with Crippen LogP contribution in [0.15, 0.2) is 18.2 Å². The fourth-order valence-corrected chi connectivity index (χ4v) is 1.47. The number of rotatable bonds is 5. The lowest BCUT2D eigenvalue weighted by Gasteiger charge is -2.14. The third-order valence-electron chi connectivity index (χ3n) is 2.33. The van der Waals surface area contributed by atoms with E-state index >= 15 is 0 Å². The Morgan fingerprint density at radius 2 is 2.24 bits per heavy atom. The van der Waals surface area contributed by atoms with Crippen molar-refractivity contribution in [2.75, 3.05) is 13.7 Å². The molecule has 0 bridgehead atoms. The van der Waals surface area contributed by atoms with Crippen molar-refractivity contribution in [2.24, 2.45) is 5.73 Å². The molecule has 0 unspecified atom stereocenters. The summed E-state index contributed by atoms with van der Waals surface area (Å²) in [5, 5.41) is 9.66. The van der Waals surface area contributed by atoms with Crippen LogP contribution in [0, 0.1) is 0 Å². The quantitative estimate of drug-likeness (QED) is 0.758. The maximum Gasteiger partial charge on any atom is 0.307 e. The first kappa shape index (κ1) is 13.3. The van der Waals surface area contributed by atoms with Gasteiger partial charge in [0.15, 0.2) is 0 Å². The number of phenols is 1. The van der Waals surface area contributed by atoms with Gasteiger partial charge in [-0.1, -0.05) is 0 Å². The number of methoxy groups -OCH3 is 1. The number of benzene rings is 1. The molecule has 0 radical (unpaired) electrons. The molecule has 0 fully saturated rings. The molecule has 94 valence electrons. The zero-order valence-corrected chi connectivity index (χ0v) is 9.97. The molecule has 0 heterocycles. The molecule has 0 saturated carbocycles. The summed E-state index contributed by atoms with van der Waals surface area (Å²) in [5.41, 5.74) is 6.30. The van der Waals surface area contributed by atoms with E-state index in [0.29, 0.717) is 17.9 Å². The fraction of sp³-hybridized carbons (Fsp3) is 0.417. The van der Waals surface area contributed by atoms with Crippen molar-refractivity contribution in [3.05, 3.63) is 23.8 Å². The van der Waals surface area contributed by atoms with Gasteiger partial charge >= 0.3 is 5.97 Å². The Kier molecular flexibility index (Phi) is 4.78. The predicted molar refractivity (Wildman–Crippen MR) is 62.8 cm³/mol. The smallest absolute Gasteiger partial charge is 0.307 e. The molecule has 1 aromatic carbocycles. The van der Waals surface area contributed by atoms with E-state index in [2.05, 4.69) is 0 Å². The second-order valence-electron chi connectivity index (χ2n) is 3.54. The van der Waals surface area contributed by atoms with Gasteiger partial charge < -0.3 is 20.3 Å². The van der Waals surface area contributed by atoms with Crippen molar-refractivity contribution < 1.29 is 19.4 Å². The number of ether oxygens (including phenoxy) is 2. The molecule has 1 atom stereocenters. The van der Waals surface area contributed by atoms with Crippen LogP contribution < -0.4 is 10.5 Å². The summed E-state index contributed by atoms with van der Waals surface area (Å²) in [6.07, 6.45) is 0.0224. The molecule has 0 saturated heterocycles. The summed E-state index contributed by atoms with van der Waals surface area (Å²) in [6.45, 7) is 2.04. The monoisotopic (exact) mass is 239 g/mol. The van der Waals surface area contributed by atoms with E-state index in [9.17, 15) is 9.90 Å². The highest BCUT2D eigenvalue weighted by molar-refractivity contribution is 5.70. The first-order valence-corrected chi connectivity index (χ1v) is 5.36. The van der Waals surface area contributed by atoms with Crippen molar-refractivity contribution >= 4 is 5.97 Å². The molecule has 3 N–H and O–H groups in total. The molecular formula is C12H17NO4. The number of carbonyl (C=O) groups is 1. The molecule has 0 amide bonds. The molecule has 5 nitrogen and oxygen atoms in total. The zero-order valence-electron chi connectivity index (χ0n) is 9.97. The topological polar surface area (TPSA) is 81.8 Å². The molecule has 0 aliphatic heterocycles. The Morgan fingerprint density at radius 3 is 2.82 bits per heavy atom. The van der Waals surface area contributed by atoms with Crippen molar-refractivity contribution in [2.45, 2.75) is 19.4 Å². The van der Waals surface area contributed by atoms with E-state index < -0.39 is 6.04 Å². The van der Waals surface area contributed by atoms with Crippen molar-refractivity contribution in [3.63, 3.8) is 0 Å². The van der Waals surface area contributed by atoms with Crippen LogP contribution in [-0.2, 0) is 9.53 Å². The number of nitrogens with two attached hydrogens (primary N) is 1. The summed E-state index contributed by atoms with van der Waals surface area (Å²) in [7, 11) is 1.52. The van der Waals surface area contributed by atoms with Gasteiger partial charge in [0, 0.05) is 11.6 Å². The Bertz CT molecular complexity index is 392. The summed E-state index contributed by atoms with van der Waals surface area (Å²) in [6, 6.07) is 4.11. The molecule has 0 aliphatic carbocycles. The third kappa shape index (κ3) is 3.64. The molecule has 0 aromatic heterocycles. The number of carbonyl (C=O) groups excluding carboxylic acids is 1. The molecule has 17 heavy (non-hydrogen) atoms. The Labute approximate surface area is 100 Å². The predicted octanol–water partition coefficient (Wildman–Crippen LogP) is 1.35. The first-order valence-electron chi connectivity index (χ1n) is 5.36. The van der Waals surface area contributed by atoms with Crippen LogP contribution in [0.2, 0.25) is 0 Å². The van der Waals surface area contributed by atoms with Gasteiger partial charge in [0.2, 0.25) is 0 Å².